The van der Waals surface area contributed by atoms with Crippen molar-refractivity contribution < 1.29 is 22.9 Å². The molecule has 0 spiro atoms. The average molecular weight is 342 g/mol. The minimum atomic E-state index is -4.73. The molecule has 24 heavy (non-hydrogen) atoms. The molecule has 0 atom stereocenters. The van der Waals surface area contributed by atoms with Crippen LogP contribution in [-0.4, -0.2) is 21.0 Å². The van der Waals surface area contributed by atoms with Crippen LogP contribution in [0.4, 0.5) is 18.9 Å². The zero-order valence-electron chi connectivity index (χ0n) is 12.5. The van der Waals surface area contributed by atoms with Crippen LogP contribution in [0, 0.1) is 10.1 Å². The Bertz CT molecular complexity index is 771. The molecule has 10 heteroatoms. The van der Waals surface area contributed by atoms with Crippen LogP contribution in [0.25, 0.3) is 0 Å². The zero-order valence-corrected chi connectivity index (χ0v) is 12.5. The molecule has 1 aromatic heterocycles. The minimum absolute atomic E-state index is 0.0179. The summed E-state index contributed by atoms with van der Waals surface area (Å²) in [5.41, 5.74) is -1.18. The number of carbonyl (C=O) groups excluding carboxylic acids is 1. The fraction of sp³-hybridized carbons (Fsp3) is 0.286. The van der Waals surface area contributed by atoms with E-state index < -0.39 is 33.8 Å². The molecule has 128 valence electrons. The Hall–Kier alpha value is -2.91. The van der Waals surface area contributed by atoms with Crippen LogP contribution >= 0.6 is 0 Å². The van der Waals surface area contributed by atoms with E-state index in [1.807, 2.05) is 6.92 Å². The molecule has 0 fully saturated rings. The smallest absolute Gasteiger partial charge is 0.346 e. The van der Waals surface area contributed by atoms with E-state index in [9.17, 15) is 28.1 Å². The van der Waals surface area contributed by atoms with Crippen LogP contribution in [0.2, 0.25) is 0 Å². The SMILES string of the molecule is CCc1cc(CNC(=O)c2ccc(C(F)(F)F)cc2[N+](=O)[O-])[nH]n1. The molecule has 0 radical (unpaired) electrons. The number of rotatable bonds is 5. The van der Waals surface area contributed by atoms with Crippen molar-refractivity contribution >= 4 is 11.6 Å². The summed E-state index contributed by atoms with van der Waals surface area (Å²) in [6.07, 6.45) is -4.04. The van der Waals surface area contributed by atoms with Gasteiger partial charge in [-0.05, 0) is 24.6 Å². The number of hydrogen-bond acceptors (Lipinski definition) is 4. The molecule has 1 amide bonds. The van der Waals surface area contributed by atoms with Gasteiger partial charge in [0.15, 0.2) is 0 Å². The van der Waals surface area contributed by atoms with Gasteiger partial charge in [-0.3, -0.25) is 20.0 Å². The van der Waals surface area contributed by atoms with Gasteiger partial charge >= 0.3 is 6.18 Å². The number of aromatic nitrogens is 2. The van der Waals surface area contributed by atoms with E-state index in [2.05, 4.69) is 15.5 Å². The number of carbonyl (C=O) groups is 1. The monoisotopic (exact) mass is 342 g/mol. The number of nitro benzene ring substituents is 1. The number of alkyl halides is 3. The second-order valence-electron chi connectivity index (χ2n) is 4.91. The third-order valence-corrected chi connectivity index (χ3v) is 3.25. The van der Waals surface area contributed by atoms with Gasteiger partial charge in [0, 0.05) is 6.07 Å². The van der Waals surface area contributed by atoms with Crippen molar-refractivity contribution in [1.82, 2.24) is 15.5 Å². The third-order valence-electron chi connectivity index (χ3n) is 3.25. The molecule has 2 aromatic rings. The van der Waals surface area contributed by atoms with E-state index in [0.29, 0.717) is 24.2 Å². The highest BCUT2D eigenvalue weighted by molar-refractivity contribution is 5.98. The molecule has 0 saturated carbocycles. The van der Waals surface area contributed by atoms with Crippen LogP contribution in [0.1, 0.15) is 34.2 Å². The van der Waals surface area contributed by atoms with Crippen LogP contribution in [0.15, 0.2) is 24.3 Å². The largest absolute Gasteiger partial charge is 0.416 e. The van der Waals surface area contributed by atoms with Crippen LogP contribution < -0.4 is 5.32 Å². The second kappa shape index (κ2) is 6.69. The molecule has 0 aliphatic carbocycles. The predicted octanol–water partition coefficient (Wildman–Crippen LogP) is 2.83. The maximum Gasteiger partial charge on any atom is 0.416 e. The van der Waals surface area contributed by atoms with E-state index in [1.165, 1.54) is 0 Å². The number of nitro groups is 1. The molecule has 1 aromatic carbocycles. The number of H-pyrrole nitrogens is 1. The van der Waals surface area contributed by atoms with Gasteiger partial charge < -0.3 is 5.32 Å². The van der Waals surface area contributed by atoms with E-state index in [-0.39, 0.29) is 6.54 Å². The summed E-state index contributed by atoms with van der Waals surface area (Å²) in [5, 5.41) is 20.0. The number of nitrogens with one attached hydrogen (secondary N) is 2. The fourth-order valence-electron chi connectivity index (χ4n) is 2.00. The summed E-state index contributed by atoms with van der Waals surface area (Å²) in [7, 11) is 0. The van der Waals surface area contributed by atoms with Gasteiger partial charge in [0.05, 0.1) is 28.4 Å². The van der Waals surface area contributed by atoms with Gasteiger partial charge in [0.25, 0.3) is 11.6 Å². The Morgan fingerprint density at radius 1 is 1.38 bits per heavy atom. The van der Waals surface area contributed by atoms with Crippen molar-refractivity contribution in [3.05, 3.63) is 56.9 Å². The Labute approximate surface area is 134 Å². The average Bonchev–Trinajstić information content (AvgIpc) is 2.99. The first kappa shape index (κ1) is 17.4. The molecule has 0 aliphatic heterocycles. The van der Waals surface area contributed by atoms with Gasteiger partial charge in [-0.15, -0.1) is 0 Å². The Morgan fingerprint density at radius 3 is 2.62 bits per heavy atom. The second-order valence-corrected chi connectivity index (χ2v) is 4.91. The van der Waals surface area contributed by atoms with Crippen LogP contribution in [-0.2, 0) is 19.1 Å². The van der Waals surface area contributed by atoms with Gasteiger partial charge in [-0.1, -0.05) is 6.92 Å². The number of aryl methyl sites for hydroxylation is 1. The molecule has 0 aliphatic rings. The van der Waals surface area contributed by atoms with Crippen molar-refractivity contribution in [3.63, 3.8) is 0 Å². The van der Waals surface area contributed by atoms with Crippen molar-refractivity contribution in [2.45, 2.75) is 26.1 Å². The lowest BCUT2D eigenvalue weighted by atomic mass is 10.1. The lowest BCUT2D eigenvalue weighted by Crippen LogP contribution is -2.24. The first-order valence-corrected chi connectivity index (χ1v) is 6.89. The summed E-state index contributed by atoms with van der Waals surface area (Å²) >= 11 is 0. The normalized spacial score (nSPS) is 11.3. The third kappa shape index (κ3) is 3.89. The van der Waals surface area contributed by atoms with E-state index in [1.54, 1.807) is 6.07 Å². The highest BCUT2D eigenvalue weighted by atomic mass is 19.4. The van der Waals surface area contributed by atoms with E-state index in [0.717, 1.165) is 11.8 Å². The fourth-order valence-corrected chi connectivity index (χ4v) is 2.00. The maximum atomic E-state index is 12.6. The molecule has 2 N–H and O–H groups in total. The summed E-state index contributed by atoms with van der Waals surface area (Å²) in [6.45, 7) is 1.91. The molecule has 2 rings (SSSR count). The Morgan fingerprint density at radius 2 is 2.08 bits per heavy atom. The number of benzene rings is 1. The van der Waals surface area contributed by atoms with E-state index >= 15 is 0 Å². The van der Waals surface area contributed by atoms with Gasteiger partial charge in [-0.25, -0.2) is 0 Å². The molecular weight excluding hydrogens is 329 g/mol. The highest BCUT2D eigenvalue weighted by Gasteiger charge is 2.34. The Balaban J connectivity index is 2.20. The molecular formula is C14H13F3N4O3. The number of hydrogen-bond donors (Lipinski definition) is 2. The quantitative estimate of drug-likeness (QED) is 0.644. The van der Waals surface area contributed by atoms with Gasteiger partial charge in [0.2, 0.25) is 0 Å². The maximum absolute atomic E-state index is 12.6. The summed E-state index contributed by atoms with van der Waals surface area (Å²) in [5.74, 6) is -0.844. The van der Waals surface area contributed by atoms with E-state index in [4.69, 9.17) is 0 Å². The molecule has 0 unspecified atom stereocenters. The topological polar surface area (TPSA) is 101 Å². The first-order valence-electron chi connectivity index (χ1n) is 6.89. The number of halogens is 3. The van der Waals surface area contributed by atoms with Crippen molar-refractivity contribution in [2.24, 2.45) is 0 Å². The summed E-state index contributed by atoms with van der Waals surface area (Å²) < 4.78 is 37.9. The lowest BCUT2D eigenvalue weighted by Gasteiger charge is -2.09. The first-order chi connectivity index (χ1) is 11.2. The van der Waals surface area contributed by atoms with Crippen molar-refractivity contribution in [2.75, 3.05) is 0 Å². The number of amides is 1. The molecule has 0 bridgehead atoms. The minimum Gasteiger partial charge on any atom is -0.346 e. The highest BCUT2D eigenvalue weighted by Crippen LogP contribution is 2.33. The standard InChI is InChI=1S/C14H13F3N4O3/c1-2-9-6-10(20-19-9)7-18-13(22)11-4-3-8(14(15,16)17)5-12(11)21(23)24/h3-6H,2,7H2,1H3,(H,18,22)(H,19,20). The van der Waals surface area contributed by atoms with Gasteiger partial charge in [0.1, 0.15) is 5.56 Å². The van der Waals surface area contributed by atoms with Crippen LogP contribution in [0.5, 0.6) is 0 Å². The number of aromatic amines is 1. The van der Waals surface area contributed by atoms with Gasteiger partial charge in [-0.2, -0.15) is 18.3 Å². The molecule has 1 heterocycles. The van der Waals surface area contributed by atoms with Crippen molar-refractivity contribution in [3.8, 4) is 0 Å². The van der Waals surface area contributed by atoms with Crippen molar-refractivity contribution in [1.29, 1.82) is 0 Å². The number of nitrogens with zero attached hydrogens (tertiary/aromatic N) is 2. The van der Waals surface area contributed by atoms with Crippen LogP contribution in [0.3, 0.4) is 0 Å². The molecule has 7 nitrogen and oxygen atoms in total. The lowest BCUT2D eigenvalue weighted by molar-refractivity contribution is -0.385. The zero-order chi connectivity index (χ0) is 17.9. The Kier molecular flexibility index (Phi) is 4.86. The predicted molar refractivity (Wildman–Crippen MR) is 77.2 cm³/mol. The summed E-state index contributed by atoms with van der Waals surface area (Å²) in [4.78, 5) is 22.0. The summed E-state index contributed by atoms with van der Waals surface area (Å²) in [6, 6.07) is 3.48. The molecule has 0 saturated heterocycles.